The molecule has 0 aliphatic carbocycles. The molecule has 0 aliphatic heterocycles. The molecule has 28 heavy (non-hydrogen) atoms. The fourth-order valence-electron chi connectivity index (χ4n) is 2.12. The molecule has 0 aliphatic rings. The molecule has 0 unspecified atom stereocenters. The van der Waals surface area contributed by atoms with Crippen LogP contribution in [0.5, 0.6) is 0 Å². The van der Waals surface area contributed by atoms with Crippen LogP contribution in [0.3, 0.4) is 0 Å². The first-order valence-electron chi connectivity index (χ1n) is 8.42. The predicted octanol–water partition coefficient (Wildman–Crippen LogP) is 3.88. The summed E-state index contributed by atoms with van der Waals surface area (Å²) in [6.45, 7) is 1.97. The Morgan fingerprint density at radius 2 is 1.61 bits per heavy atom. The first-order valence-corrected chi connectivity index (χ1v) is 9.17. The van der Waals surface area contributed by atoms with Gasteiger partial charge in [0.15, 0.2) is 0 Å². The number of benzene rings is 2. The van der Waals surface area contributed by atoms with Crippen LogP contribution in [-0.2, 0) is 14.4 Å². The molecule has 0 bridgehead atoms. The van der Waals surface area contributed by atoms with E-state index in [2.05, 4.69) is 16.2 Å². The summed E-state index contributed by atoms with van der Waals surface area (Å²) in [5.74, 6) is -1.36. The lowest BCUT2D eigenvalue weighted by atomic mass is 10.1. The minimum Gasteiger partial charge on any atom is -0.325 e. The summed E-state index contributed by atoms with van der Waals surface area (Å²) in [6.07, 6.45) is 2.77. The zero-order valence-electron chi connectivity index (χ0n) is 15.1. The third-order valence-electron chi connectivity index (χ3n) is 3.61. The second-order valence-corrected chi connectivity index (χ2v) is 6.80. The van der Waals surface area contributed by atoms with Gasteiger partial charge < -0.3 is 5.32 Å². The topological polar surface area (TPSA) is 87.3 Å². The average molecular weight is 420 g/mol. The van der Waals surface area contributed by atoms with Gasteiger partial charge in [-0.15, -0.1) is 0 Å². The number of carbonyl (C=O) groups is 3. The van der Waals surface area contributed by atoms with Gasteiger partial charge in [0.25, 0.3) is 5.91 Å². The van der Waals surface area contributed by atoms with E-state index in [1.807, 2.05) is 31.2 Å². The van der Waals surface area contributed by atoms with Crippen LogP contribution < -0.4 is 16.2 Å². The van der Waals surface area contributed by atoms with E-state index in [9.17, 15) is 14.4 Å². The van der Waals surface area contributed by atoms with E-state index in [0.29, 0.717) is 15.7 Å². The highest BCUT2D eigenvalue weighted by Gasteiger charge is 2.09. The molecule has 0 fully saturated rings. The molecule has 0 saturated heterocycles. The van der Waals surface area contributed by atoms with Gasteiger partial charge in [-0.3, -0.25) is 25.2 Å². The van der Waals surface area contributed by atoms with Crippen LogP contribution >= 0.6 is 23.2 Å². The lowest BCUT2D eigenvalue weighted by Crippen LogP contribution is -2.41. The number of hydrogen-bond donors (Lipinski definition) is 3. The van der Waals surface area contributed by atoms with Crippen LogP contribution in [0.1, 0.15) is 24.0 Å². The predicted molar refractivity (Wildman–Crippen MR) is 111 cm³/mol. The molecule has 3 N–H and O–H groups in total. The molecule has 146 valence electrons. The van der Waals surface area contributed by atoms with Crippen LogP contribution in [0, 0.1) is 6.92 Å². The second kappa shape index (κ2) is 10.5. The van der Waals surface area contributed by atoms with Crippen molar-refractivity contribution in [2.45, 2.75) is 19.8 Å². The van der Waals surface area contributed by atoms with Crippen molar-refractivity contribution >= 4 is 52.7 Å². The molecule has 0 spiro atoms. The van der Waals surface area contributed by atoms with Gasteiger partial charge in [0, 0.05) is 23.9 Å². The number of aryl methyl sites for hydroxylation is 1. The Hall–Kier alpha value is -2.83. The molecule has 2 rings (SSSR count). The Kier molecular flexibility index (Phi) is 8.04. The number of hydrogen-bond acceptors (Lipinski definition) is 3. The van der Waals surface area contributed by atoms with Gasteiger partial charge in [-0.1, -0.05) is 53.0 Å². The smallest absolute Gasteiger partial charge is 0.262 e. The van der Waals surface area contributed by atoms with Gasteiger partial charge in [-0.05, 0) is 36.8 Å². The van der Waals surface area contributed by atoms with Crippen LogP contribution in [0.25, 0.3) is 6.08 Å². The number of hydrazine groups is 1. The van der Waals surface area contributed by atoms with Gasteiger partial charge in [0.1, 0.15) is 0 Å². The maximum atomic E-state index is 11.9. The monoisotopic (exact) mass is 419 g/mol. The Labute approximate surface area is 172 Å². The molecule has 6 nitrogen and oxygen atoms in total. The number of nitrogens with one attached hydrogen (secondary N) is 3. The van der Waals surface area contributed by atoms with Crippen molar-refractivity contribution in [2.75, 3.05) is 5.32 Å². The maximum absolute atomic E-state index is 11.9. The first kappa shape index (κ1) is 21.5. The van der Waals surface area contributed by atoms with E-state index in [1.54, 1.807) is 18.2 Å². The van der Waals surface area contributed by atoms with Gasteiger partial charge in [-0.2, -0.15) is 0 Å². The molecule has 3 amide bonds. The van der Waals surface area contributed by atoms with Crippen LogP contribution in [0.15, 0.2) is 48.5 Å². The summed E-state index contributed by atoms with van der Waals surface area (Å²) in [6, 6.07) is 12.3. The highest BCUT2D eigenvalue weighted by Crippen LogP contribution is 2.25. The van der Waals surface area contributed by atoms with E-state index < -0.39 is 11.8 Å². The molecular weight excluding hydrogens is 401 g/mol. The fourth-order valence-corrected chi connectivity index (χ4v) is 2.57. The molecule has 8 heteroatoms. The number of anilines is 1. The zero-order chi connectivity index (χ0) is 20.5. The van der Waals surface area contributed by atoms with Crippen LogP contribution in [0.4, 0.5) is 5.69 Å². The van der Waals surface area contributed by atoms with Crippen molar-refractivity contribution in [3.63, 3.8) is 0 Å². The quantitative estimate of drug-likeness (QED) is 0.490. The van der Waals surface area contributed by atoms with Gasteiger partial charge >= 0.3 is 0 Å². The van der Waals surface area contributed by atoms with E-state index in [4.69, 9.17) is 23.2 Å². The van der Waals surface area contributed by atoms with Crippen LogP contribution in [-0.4, -0.2) is 17.7 Å². The normalized spacial score (nSPS) is 10.5. The summed E-state index contributed by atoms with van der Waals surface area (Å²) in [5, 5.41) is 3.35. The zero-order valence-corrected chi connectivity index (χ0v) is 16.6. The first-order chi connectivity index (χ1) is 13.3. The molecule has 2 aromatic carbocycles. The van der Waals surface area contributed by atoms with Gasteiger partial charge in [0.2, 0.25) is 11.8 Å². The summed E-state index contributed by atoms with van der Waals surface area (Å²) >= 11 is 11.8. The van der Waals surface area contributed by atoms with Crippen molar-refractivity contribution in [1.29, 1.82) is 0 Å². The van der Waals surface area contributed by atoms with E-state index in [1.165, 1.54) is 12.1 Å². The Morgan fingerprint density at radius 1 is 0.929 bits per heavy atom. The van der Waals surface area contributed by atoms with Crippen molar-refractivity contribution < 1.29 is 14.4 Å². The minimum absolute atomic E-state index is 0.0696. The van der Waals surface area contributed by atoms with E-state index >= 15 is 0 Å². The third-order valence-corrected chi connectivity index (χ3v) is 4.16. The minimum atomic E-state index is -0.491. The lowest BCUT2D eigenvalue weighted by molar-refractivity contribution is -0.128. The number of halogens is 2. The highest BCUT2D eigenvalue weighted by molar-refractivity contribution is 6.36. The molecule has 0 heterocycles. The van der Waals surface area contributed by atoms with Gasteiger partial charge in [0.05, 0.1) is 10.7 Å². The Bertz CT molecular complexity index is 896. The van der Waals surface area contributed by atoms with Crippen molar-refractivity contribution in [2.24, 2.45) is 0 Å². The summed E-state index contributed by atoms with van der Waals surface area (Å²) in [5.41, 5.74) is 6.91. The SMILES string of the molecule is Cc1ccc(/C=C/C(=O)NNC(=O)CCC(=O)Nc2ccc(Cl)cc2Cl)cc1. The highest BCUT2D eigenvalue weighted by atomic mass is 35.5. The van der Waals surface area contributed by atoms with E-state index in [0.717, 1.165) is 11.1 Å². The summed E-state index contributed by atoms with van der Waals surface area (Å²) in [4.78, 5) is 35.4. The second-order valence-electron chi connectivity index (χ2n) is 5.95. The lowest BCUT2D eigenvalue weighted by Gasteiger charge is -2.08. The Morgan fingerprint density at radius 3 is 2.29 bits per heavy atom. The largest absolute Gasteiger partial charge is 0.325 e. The number of rotatable bonds is 6. The molecule has 0 aromatic heterocycles. The molecule has 0 radical (unpaired) electrons. The maximum Gasteiger partial charge on any atom is 0.262 e. The number of amides is 3. The summed E-state index contributed by atoms with van der Waals surface area (Å²) in [7, 11) is 0. The van der Waals surface area contributed by atoms with Crippen molar-refractivity contribution in [1.82, 2.24) is 10.9 Å². The van der Waals surface area contributed by atoms with E-state index in [-0.39, 0.29) is 18.7 Å². The van der Waals surface area contributed by atoms with Crippen molar-refractivity contribution in [3.8, 4) is 0 Å². The fraction of sp³-hybridized carbons (Fsp3) is 0.150. The van der Waals surface area contributed by atoms with Crippen LogP contribution in [0.2, 0.25) is 10.0 Å². The van der Waals surface area contributed by atoms with Gasteiger partial charge in [-0.25, -0.2) is 0 Å². The molecule has 0 atom stereocenters. The standard InChI is InChI=1S/C20H19Cl2N3O3/c1-13-2-4-14(5-3-13)6-9-19(27)24-25-20(28)11-10-18(26)23-17-8-7-15(21)12-16(17)22/h2-9,12H,10-11H2,1H3,(H,23,26)(H,24,27)(H,25,28)/b9-6+. The third kappa shape index (κ3) is 7.42. The molecular formula is C20H19Cl2N3O3. The van der Waals surface area contributed by atoms with Crippen molar-refractivity contribution in [3.05, 3.63) is 69.7 Å². The average Bonchev–Trinajstić information content (AvgIpc) is 2.66. The molecule has 0 saturated carbocycles. The number of carbonyl (C=O) groups excluding carboxylic acids is 3. The Balaban J connectivity index is 1.70. The molecule has 2 aromatic rings. The summed E-state index contributed by atoms with van der Waals surface area (Å²) < 4.78 is 0.